The lowest BCUT2D eigenvalue weighted by atomic mass is 9.95. The predicted molar refractivity (Wildman–Crippen MR) is 159 cm³/mol. The number of aromatic nitrogens is 2. The lowest BCUT2D eigenvalue weighted by Gasteiger charge is -2.13. The van der Waals surface area contributed by atoms with Gasteiger partial charge in [0, 0.05) is 26.7 Å². The quantitative estimate of drug-likeness (QED) is 0.222. The van der Waals surface area contributed by atoms with E-state index >= 15 is 0 Å². The average molecular weight is 529 g/mol. The topological polar surface area (TPSA) is 25.8 Å². The zero-order chi connectivity index (χ0) is 25.9. The molecule has 2 nitrogen and oxygen atoms in total. The van der Waals surface area contributed by atoms with Crippen LogP contribution in [-0.2, 0) is 0 Å². The predicted octanol–water partition coefficient (Wildman–Crippen LogP) is 10.1. The van der Waals surface area contributed by atoms with E-state index in [4.69, 9.17) is 33.2 Å². The summed E-state index contributed by atoms with van der Waals surface area (Å²) in [6.45, 7) is 0. The number of nitrogens with zero attached hydrogens (tertiary/aromatic N) is 2. The van der Waals surface area contributed by atoms with Crippen molar-refractivity contribution >= 4 is 23.2 Å². The van der Waals surface area contributed by atoms with E-state index in [0.29, 0.717) is 15.9 Å². The molecule has 0 aliphatic rings. The molecule has 5 aromatic carbocycles. The van der Waals surface area contributed by atoms with Crippen LogP contribution in [0.25, 0.3) is 56.2 Å². The van der Waals surface area contributed by atoms with Gasteiger partial charge in [-0.1, -0.05) is 108 Å². The molecule has 0 amide bonds. The summed E-state index contributed by atoms with van der Waals surface area (Å²) in [7, 11) is 0. The summed E-state index contributed by atoms with van der Waals surface area (Å²) < 4.78 is 0. The van der Waals surface area contributed by atoms with E-state index in [1.807, 2.05) is 78.9 Å². The van der Waals surface area contributed by atoms with E-state index in [2.05, 4.69) is 54.6 Å². The summed E-state index contributed by atoms with van der Waals surface area (Å²) in [5, 5.41) is 1.37. The molecule has 182 valence electrons. The van der Waals surface area contributed by atoms with E-state index in [-0.39, 0.29) is 0 Å². The van der Waals surface area contributed by atoms with Crippen LogP contribution >= 0.6 is 23.2 Å². The highest BCUT2D eigenvalue weighted by Gasteiger charge is 2.14. The summed E-state index contributed by atoms with van der Waals surface area (Å²) in [4.78, 5) is 10.1. The maximum Gasteiger partial charge on any atom is 0.160 e. The Labute approximate surface area is 232 Å². The third kappa shape index (κ3) is 5.24. The second-order valence-corrected chi connectivity index (χ2v) is 9.89. The molecule has 1 aromatic heterocycles. The van der Waals surface area contributed by atoms with Gasteiger partial charge in [0.15, 0.2) is 5.82 Å². The number of halogens is 2. The van der Waals surface area contributed by atoms with Crippen molar-refractivity contribution in [2.75, 3.05) is 0 Å². The molecule has 38 heavy (non-hydrogen) atoms. The molecule has 0 saturated carbocycles. The Balaban J connectivity index is 1.59. The lowest BCUT2D eigenvalue weighted by molar-refractivity contribution is 1.18. The standard InChI is InChI=1S/C34H22Cl2N2/c35-30-15-7-13-25(20-30)27-17-28(26-14-8-16-31(36)21-26)19-29(18-27)34-37-32(23-9-3-1-4-10-23)22-33(38-34)24-11-5-2-6-12-24/h1-22H. The summed E-state index contributed by atoms with van der Waals surface area (Å²) in [5.41, 5.74) is 8.80. The number of benzene rings is 5. The maximum atomic E-state index is 6.36. The van der Waals surface area contributed by atoms with Crippen molar-refractivity contribution in [3.05, 3.63) is 144 Å². The van der Waals surface area contributed by atoms with E-state index in [1.165, 1.54) is 0 Å². The largest absolute Gasteiger partial charge is 0.228 e. The normalized spacial score (nSPS) is 10.9. The van der Waals surface area contributed by atoms with Crippen LogP contribution in [0.2, 0.25) is 10.0 Å². The zero-order valence-corrected chi connectivity index (χ0v) is 21.9. The highest BCUT2D eigenvalue weighted by atomic mass is 35.5. The third-order valence-corrected chi connectivity index (χ3v) is 6.84. The first-order valence-corrected chi connectivity index (χ1v) is 13.1. The fraction of sp³-hybridized carbons (Fsp3) is 0. The van der Waals surface area contributed by atoms with E-state index in [9.17, 15) is 0 Å². The van der Waals surface area contributed by atoms with Crippen molar-refractivity contribution in [1.82, 2.24) is 9.97 Å². The van der Waals surface area contributed by atoms with Gasteiger partial charge in [0.1, 0.15) is 0 Å². The Hall–Kier alpha value is -4.24. The van der Waals surface area contributed by atoms with Gasteiger partial charge < -0.3 is 0 Å². The van der Waals surface area contributed by atoms with Gasteiger partial charge in [0.2, 0.25) is 0 Å². The van der Waals surface area contributed by atoms with Crippen LogP contribution in [0.5, 0.6) is 0 Å². The summed E-state index contributed by atoms with van der Waals surface area (Å²) in [6, 6.07) is 44.6. The Morgan fingerprint density at radius 1 is 0.342 bits per heavy atom. The van der Waals surface area contributed by atoms with E-state index < -0.39 is 0 Å². The average Bonchev–Trinajstić information content (AvgIpc) is 2.97. The van der Waals surface area contributed by atoms with Crippen LogP contribution in [0.1, 0.15) is 0 Å². The van der Waals surface area contributed by atoms with Crippen molar-refractivity contribution in [2.45, 2.75) is 0 Å². The molecule has 0 saturated heterocycles. The molecule has 0 N–H and O–H groups in total. The van der Waals surface area contributed by atoms with Crippen LogP contribution in [0, 0.1) is 0 Å². The monoisotopic (exact) mass is 528 g/mol. The molecule has 6 rings (SSSR count). The van der Waals surface area contributed by atoms with E-state index in [0.717, 1.165) is 50.3 Å². The fourth-order valence-corrected chi connectivity index (χ4v) is 4.90. The molecule has 0 fully saturated rings. The van der Waals surface area contributed by atoms with Gasteiger partial charge in [-0.2, -0.15) is 0 Å². The highest BCUT2D eigenvalue weighted by Crippen LogP contribution is 2.35. The summed E-state index contributed by atoms with van der Waals surface area (Å²) in [6.07, 6.45) is 0. The summed E-state index contributed by atoms with van der Waals surface area (Å²) >= 11 is 12.7. The zero-order valence-electron chi connectivity index (χ0n) is 20.4. The third-order valence-electron chi connectivity index (χ3n) is 6.37. The van der Waals surface area contributed by atoms with Crippen LogP contribution in [0.3, 0.4) is 0 Å². The second kappa shape index (κ2) is 10.6. The minimum absolute atomic E-state index is 0.650. The Morgan fingerprint density at radius 3 is 1.21 bits per heavy atom. The van der Waals surface area contributed by atoms with Crippen LogP contribution in [-0.4, -0.2) is 9.97 Å². The molecule has 0 bridgehead atoms. The van der Waals surface area contributed by atoms with Crippen LogP contribution < -0.4 is 0 Å². The first-order chi connectivity index (χ1) is 18.6. The number of hydrogen-bond donors (Lipinski definition) is 0. The maximum absolute atomic E-state index is 6.36. The van der Waals surface area contributed by atoms with Gasteiger partial charge in [-0.15, -0.1) is 0 Å². The summed E-state index contributed by atoms with van der Waals surface area (Å²) in [5.74, 6) is 0.650. The molecule has 0 aliphatic carbocycles. The minimum atomic E-state index is 0.650. The Bertz CT molecular complexity index is 1610. The first-order valence-electron chi connectivity index (χ1n) is 12.3. The minimum Gasteiger partial charge on any atom is -0.228 e. The molecule has 0 atom stereocenters. The Kier molecular flexibility index (Phi) is 6.75. The van der Waals surface area contributed by atoms with Gasteiger partial charge >= 0.3 is 0 Å². The number of rotatable bonds is 5. The van der Waals surface area contributed by atoms with Crippen LogP contribution in [0.4, 0.5) is 0 Å². The SMILES string of the molecule is Clc1cccc(-c2cc(-c3cccc(Cl)c3)cc(-c3nc(-c4ccccc4)cc(-c4ccccc4)n3)c2)c1. The van der Waals surface area contributed by atoms with Crippen molar-refractivity contribution in [3.63, 3.8) is 0 Å². The highest BCUT2D eigenvalue weighted by molar-refractivity contribution is 6.31. The molecule has 0 unspecified atom stereocenters. The first kappa shape index (κ1) is 24.1. The van der Waals surface area contributed by atoms with Gasteiger partial charge in [0.25, 0.3) is 0 Å². The molecule has 1 heterocycles. The smallest absolute Gasteiger partial charge is 0.160 e. The van der Waals surface area contributed by atoms with Crippen molar-refractivity contribution in [3.8, 4) is 56.2 Å². The van der Waals surface area contributed by atoms with E-state index in [1.54, 1.807) is 0 Å². The fourth-order valence-electron chi connectivity index (χ4n) is 4.52. The van der Waals surface area contributed by atoms with Gasteiger partial charge in [-0.05, 0) is 70.8 Å². The van der Waals surface area contributed by atoms with Crippen molar-refractivity contribution in [2.24, 2.45) is 0 Å². The van der Waals surface area contributed by atoms with Crippen LogP contribution in [0.15, 0.2) is 133 Å². The lowest BCUT2D eigenvalue weighted by Crippen LogP contribution is -1.97. The molecule has 0 aliphatic heterocycles. The van der Waals surface area contributed by atoms with Crippen molar-refractivity contribution in [1.29, 1.82) is 0 Å². The van der Waals surface area contributed by atoms with Gasteiger partial charge in [-0.25, -0.2) is 9.97 Å². The second-order valence-electron chi connectivity index (χ2n) is 9.01. The van der Waals surface area contributed by atoms with Gasteiger partial charge in [0.05, 0.1) is 11.4 Å². The molecule has 0 spiro atoms. The Morgan fingerprint density at radius 2 is 0.763 bits per heavy atom. The van der Waals surface area contributed by atoms with Crippen molar-refractivity contribution < 1.29 is 0 Å². The molecule has 4 heteroatoms. The molecular formula is C34H22Cl2N2. The number of hydrogen-bond acceptors (Lipinski definition) is 2. The molecule has 0 radical (unpaired) electrons. The van der Waals surface area contributed by atoms with Gasteiger partial charge in [-0.3, -0.25) is 0 Å². The molecular weight excluding hydrogens is 507 g/mol. The molecule has 6 aromatic rings.